The monoisotopic (exact) mass is 316 g/mol. The van der Waals surface area contributed by atoms with E-state index < -0.39 is 0 Å². The molecule has 0 unspecified atom stereocenters. The number of H-pyrrole nitrogens is 1. The zero-order chi connectivity index (χ0) is 16.7. The average molecular weight is 316 g/mol. The quantitative estimate of drug-likeness (QED) is 0.538. The van der Waals surface area contributed by atoms with E-state index in [0.29, 0.717) is 6.42 Å². The molecule has 0 bridgehead atoms. The largest absolute Gasteiger partial charge is 0.349 e. The molecule has 2 aromatic rings. The number of aryl methyl sites for hydroxylation is 2. The van der Waals surface area contributed by atoms with E-state index in [-0.39, 0.29) is 5.69 Å². The lowest BCUT2D eigenvalue weighted by molar-refractivity contribution is 0.675. The van der Waals surface area contributed by atoms with Crippen LogP contribution in [0.4, 0.5) is 0 Å². The third-order valence-corrected chi connectivity index (χ3v) is 4.19. The number of hydrogen-bond acceptors (Lipinski definition) is 3. The summed E-state index contributed by atoms with van der Waals surface area (Å²) in [6.45, 7) is 8.18. The molecule has 5 nitrogen and oxygen atoms in total. The van der Waals surface area contributed by atoms with Crippen LogP contribution in [0.1, 0.15) is 69.5 Å². The summed E-state index contributed by atoms with van der Waals surface area (Å²) in [5, 5.41) is 6.86. The first-order chi connectivity index (χ1) is 11.2. The molecule has 0 spiro atoms. The Morgan fingerprint density at radius 2 is 1.83 bits per heavy atom. The number of rotatable bonds is 10. The molecule has 2 heterocycles. The van der Waals surface area contributed by atoms with Crippen molar-refractivity contribution < 1.29 is 0 Å². The standard InChI is InChI=1S/C18H28N4O/c1-4-7-9-12-14-15(13-10-8-5-2)19-16(11-6-3)22-17(14)20-21-18(22)23/h6H,3-5,7-13H2,1-2H3,(H,21,23). The van der Waals surface area contributed by atoms with Gasteiger partial charge < -0.3 is 0 Å². The molecule has 0 fully saturated rings. The zero-order valence-electron chi connectivity index (χ0n) is 14.4. The van der Waals surface area contributed by atoms with Crippen molar-refractivity contribution in [1.29, 1.82) is 0 Å². The van der Waals surface area contributed by atoms with Crippen LogP contribution < -0.4 is 5.69 Å². The second kappa shape index (κ2) is 8.65. The molecule has 126 valence electrons. The van der Waals surface area contributed by atoms with Gasteiger partial charge in [0.05, 0.1) is 0 Å². The van der Waals surface area contributed by atoms with Crippen molar-refractivity contribution in [2.24, 2.45) is 0 Å². The van der Waals surface area contributed by atoms with E-state index in [1.54, 1.807) is 10.5 Å². The van der Waals surface area contributed by atoms with E-state index in [4.69, 9.17) is 4.98 Å². The van der Waals surface area contributed by atoms with Gasteiger partial charge in [-0.2, -0.15) is 5.10 Å². The van der Waals surface area contributed by atoms with Crippen molar-refractivity contribution >= 4 is 5.65 Å². The summed E-state index contributed by atoms with van der Waals surface area (Å²) in [5.74, 6) is 0.736. The van der Waals surface area contributed by atoms with Crippen LogP contribution >= 0.6 is 0 Å². The lowest BCUT2D eigenvalue weighted by Crippen LogP contribution is -2.18. The van der Waals surface area contributed by atoms with Gasteiger partial charge in [-0.15, -0.1) is 6.58 Å². The first kappa shape index (κ1) is 17.4. The fourth-order valence-electron chi connectivity index (χ4n) is 2.96. The highest BCUT2D eigenvalue weighted by Gasteiger charge is 2.16. The zero-order valence-corrected chi connectivity index (χ0v) is 14.4. The number of unbranched alkanes of at least 4 members (excludes halogenated alkanes) is 4. The minimum atomic E-state index is -0.207. The Labute approximate surface area is 137 Å². The van der Waals surface area contributed by atoms with Crippen molar-refractivity contribution in [3.8, 4) is 0 Å². The first-order valence-corrected chi connectivity index (χ1v) is 8.81. The molecule has 23 heavy (non-hydrogen) atoms. The maximum atomic E-state index is 12.1. The molecule has 2 rings (SSSR count). The molecule has 0 saturated carbocycles. The van der Waals surface area contributed by atoms with Crippen LogP contribution in [0.15, 0.2) is 17.4 Å². The van der Waals surface area contributed by atoms with Crippen molar-refractivity contribution in [3.05, 3.63) is 40.2 Å². The molecule has 2 aromatic heterocycles. The van der Waals surface area contributed by atoms with Gasteiger partial charge in [-0.05, 0) is 25.7 Å². The third kappa shape index (κ3) is 4.09. The Kier molecular flexibility index (Phi) is 6.56. The molecule has 0 radical (unpaired) electrons. The number of fused-ring (bicyclic) bond motifs is 1. The third-order valence-electron chi connectivity index (χ3n) is 4.19. The number of allylic oxidation sites excluding steroid dienone is 1. The van der Waals surface area contributed by atoms with Crippen molar-refractivity contribution in [1.82, 2.24) is 19.6 Å². The van der Waals surface area contributed by atoms with Gasteiger partial charge in [0.15, 0.2) is 5.65 Å². The van der Waals surface area contributed by atoms with Crippen LogP contribution in [0.5, 0.6) is 0 Å². The van der Waals surface area contributed by atoms with E-state index in [1.165, 1.54) is 25.7 Å². The van der Waals surface area contributed by atoms with Crippen LogP contribution in [-0.4, -0.2) is 19.6 Å². The number of nitrogens with zero attached hydrogens (tertiary/aromatic N) is 3. The van der Waals surface area contributed by atoms with Crippen molar-refractivity contribution in [3.63, 3.8) is 0 Å². The number of aromatic nitrogens is 4. The maximum Gasteiger partial charge on any atom is 0.349 e. The minimum Gasteiger partial charge on any atom is -0.246 e. The van der Waals surface area contributed by atoms with E-state index >= 15 is 0 Å². The molecule has 0 amide bonds. The van der Waals surface area contributed by atoms with E-state index in [2.05, 4.69) is 30.6 Å². The molecule has 0 aromatic carbocycles. The molecule has 1 N–H and O–H groups in total. The molecular weight excluding hydrogens is 288 g/mol. The predicted octanol–water partition coefficient (Wildman–Crippen LogP) is 3.61. The Morgan fingerprint density at radius 3 is 2.48 bits per heavy atom. The summed E-state index contributed by atoms with van der Waals surface area (Å²) in [6.07, 6.45) is 11.2. The fraction of sp³-hybridized carbons (Fsp3) is 0.611. The molecule has 0 aliphatic carbocycles. The summed E-state index contributed by atoms with van der Waals surface area (Å²) in [4.78, 5) is 16.9. The Balaban J connectivity index is 2.47. The van der Waals surface area contributed by atoms with Gasteiger partial charge in [0.2, 0.25) is 0 Å². The van der Waals surface area contributed by atoms with Crippen molar-refractivity contribution in [2.75, 3.05) is 0 Å². The van der Waals surface area contributed by atoms with Gasteiger partial charge in [0.25, 0.3) is 0 Å². The SMILES string of the molecule is C=CCc1nc(CCCCC)c(CCCCC)c2n[nH]c(=O)n12. The van der Waals surface area contributed by atoms with E-state index in [1.807, 2.05) is 0 Å². The molecule has 0 aliphatic rings. The van der Waals surface area contributed by atoms with Gasteiger partial charge in [-0.1, -0.05) is 45.6 Å². The number of nitrogens with one attached hydrogen (secondary N) is 1. The molecular formula is C18H28N4O. The van der Waals surface area contributed by atoms with Crippen LogP contribution in [0, 0.1) is 0 Å². The van der Waals surface area contributed by atoms with Gasteiger partial charge in [0.1, 0.15) is 5.82 Å². The number of hydrogen-bond donors (Lipinski definition) is 1. The smallest absolute Gasteiger partial charge is 0.246 e. The van der Waals surface area contributed by atoms with Gasteiger partial charge >= 0.3 is 5.69 Å². The summed E-state index contributed by atoms with van der Waals surface area (Å²) in [5.41, 5.74) is 2.80. The van der Waals surface area contributed by atoms with Crippen molar-refractivity contribution in [2.45, 2.75) is 71.6 Å². The predicted molar refractivity (Wildman–Crippen MR) is 94.0 cm³/mol. The van der Waals surface area contributed by atoms with E-state index in [0.717, 1.165) is 48.4 Å². The topological polar surface area (TPSA) is 63.0 Å². The second-order valence-corrected chi connectivity index (χ2v) is 6.05. The van der Waals surface area contributed by atoms with Gasteiger partial charge in [0, 0.05) is 17.7 Å². The highest BCUT2D eigenvalue weighted by atomic mass is 16.1. The Morgan fingerprint density at radius 1 is 1.13 bits per heavy atom. The summed E-state index contributed by atoms with van der Waals surface area (Å²) in [7, 11) is 0. The van der Waals surface area contributed by atoms with Crippen LogP contribution in [0.25, 0.3) is 5.65 Å². The fourth-order valence-corrected chi connectivity index (χ4v) is 2.96. The Hall–Kier alpha value is -1.91. The molecule has 0 atom stereocenters. The van der Waals surface area contributed by atoms with Gasteiger partial charge in [-0.3, -0.25) is 0 Å². The highest BCUT2D eigenvalue weighted by Crippen LogP contribution is 2.19. The molecule has 0 saturated heterocycles. The molecule has 0 aliphatic heterocycles. The first-order valence-electron chi connectivity index (χ1n) is 8.81. The summed E-state index contributed by atoms with van der Waals surface area (Å²) < 4.78 is 1.62. The number of aromatic amines is 1. The normalized spacial score (nSPS) is 11.2. The van der Waals surface area contributed by atoms with Crippen LogP contribution in [0.3, 0.4) is 0 Å². The lowest BCUT2D eigenvalue weighted by Gasteiger charge is -2.12. The summed E-state index contributed by atoms with van der Waals surface area (Å²) in [6, 6.07) is 0. The summed E-state index contributed by atoms with van der Waals surface area (Å²) >= 11 is 0. The van der Waals surface area contributed by atoms with E-state index in [9.17, 15) is 4.79 Å². The minimum absolute atomic E-state index is 0.207. The van der Waals surface area contributed by atoms with Crippen LogP contribution in [-0.2, 0) is 19.3 Å². The molecule has 5 heteroatoms. The lowest BCUT2D eigenvalue weighted by atomic mass is 10.0. The van der Waals surface area contributed by atoms with Crippen LogP contribution in [0.2, 0.25) is 0 Å². The highest BCUT2D eigenvalue weighted by molar-refractivity contribution is 5.50. The average Bonchev–Trinajstić information content (AvgIpc) is 2.93. The second-order valence-electron chi connectivity index (χ2n) is 6.05. The maximum absolute atomic E-state index is 12.1. The van der Waals surface area contributed by atoms with Gasteiger partial charge in [-0.25, -0.2) is 19.3 Å². The Bertz CT molecular complexity index is 699.